The third-order valence-electron chi connectivity index (χ3n) is 3.46. The highest BCUT2D eigenvalue weighted by Crippen LogP contribution is 2.27. The Morgan fingerprint density at radius 2 is 1.77 bits per heavy atom. The van der Waals surface area contributed by atoms with E-state index in [9.17, 15) is 4.79 Å². The summed E-state index contributed by atoms with van der Waals surface area (Å²) in [6, 6.07) is 12.8. The largest absolute Gasteiger partial charge is 0.487 e. The average Bonchev–Trinajstić information content (AvgIpc) is 2.47. The van der Waals surface area contributed by atoms with E-state index < -0.39 is 0 Å². The Morgan fingerprint density at radius 3 is 2.59 bits per heavy atom. The molecule has 1 aromatic heterocycles. The molecule has 0 aliphatic rings. The first-order valence-corrected chi connectivity index (χ1v) is 7.33. The van der Waals surface area contributed by atoms with Gasteiger partial charge in [0.2, 0.25) is 0 Å². The number of hydrogen-bond acceptors (Lipinski definition) is 3. The topological polar surface area (TPSA) is 39.4 Å². The fourth-order valence-electron chi connectivity index (χ4n) is 2.33. The summed E-state index contributed by atoms with van der Waals surface area (Å²) in [5.74, 6) is 0.607. The number of hydrogen-bond donors (Lipinski definition) is 0. The zero-order chi connectivity index (χ0) is 15.7. The van der Waals surface area contributed by atoms with E-state index in [1.807, 2.05) is 44.2 Å². The molecule has 0 saturated heterocycles. The summed E-state index contributed by atoms with van der Waals surface area (Å²) in [4.78, 5) is 11.7. The van der Waals surface area contributed by atoms with E-state index >= 15 is 0 Å². The molecule has 0 fully saturated rings. The fourth-order valence-corrected chi connectivity index (χ4v) is 2.51. The van der Waals surface area contributed by atoms with Crippen molar-refractivity contribution in [1.29, 1.82) is 0 Å². The van der Waals surface area contributed by atoms with Crippen molar-refractivity contribution in [3.05, 3.63) is 74.6 Å². The van der Waals surface area contributed by atoms with Crippen LogP contribution in [0.5, 0.6) is 5.75 Å². The van der Waals surface area contributed by atoms with Gasteiger partial charge in [-0.25, -0.2) is 4.79 Å². The van der Waals surface area contributed by atoms with E-state index in [0.717, 1.165) is 22.1 Å². The van der Waals surface area contributed by atoms with Gasteiger partial charge in [0.15, 0.2) is 0 Å². The highest BCUT2D eigenvalue weighted by Gasteiger charge is 2.08. The van der Waals surface area contributed by atoms with Crippen molar-refractivity contribution in [2.24, 2.45) is 0 Å². The lowest BCUT2D eigenvalue weighted by Crippen LogP contribution is -2.04. The molecule has 0 unspecified atom stereocenters. The zero-order valence-electron chi connectivity index (χ0n) is 12.4. The molecule has 3 nitrogen and oxygen atoms in total. The lowest BCUT2D eigenvalue weighted by atomic mass is 10.1. The highest BCUT2D eigenvalue weighted by atomic mass is 35.5. The molecule has 22 heavy (non-hydrogen) atoms. The van der Waals surface area contributed by atoms with Gasteiger partial charge in [0.05, 0.1) is 5.02 Å². The van der Waals surface area contributed by atoms with Crippen LogP contribution in [0.1, 0.15) is 16.7 Å². The van der Waals surface area contributed by atoms with E-state index in [1.165, 1.54) is 6.07 Å². The van der Waals surface area contributed by atoms with Crippen LogP contribution in [0, 0.1) is 13.8 Å². The Balaban J connectivity index is 1.97. The van der Waals surface area contributed by atoms with Crippen molar-refractivity contribution in [3.63, 3.8) is 0 Å². The van der Waals surface area contributed by atoms with Crippen LogP contribution in [0.4, 0.5) is 0 Å². The summed E-state index contributed by atoms with van der Waals surface area (Å²) in [6.07, 6.45) is 0. The Bertz CT molecular complexity index is 896. The summed E-state index contributed by atoms with van der Waals surface area (Å²) in [6.45, 7) is 4.18. The monoisotopic (exact) mass is 314 g/mol. The number of fused-ring (bicyclic) bond motifs is 1. The molecule has 0 aliphatic carbocycles. The summed E-state index contributed by atoms with van der Waals surface area (Å²) >= 11 is 6.13. The second kappa shape index (κ2) is 5.85. The molecule has 0 N–H and O–H groups in total. The van der Waals surface area contributed by atoms with Crippen LogP contribution in [0.2, 0.25) is 5.02 Å². The average molecular weight is 315 g/mol. The Kier molecular flexibility index (Phi) is 3.90. The fraction of sp³-hybridized carbons (Fsp3) is 0.167. The van der Waals surface area contributed by atoms with Crippen LogP contribution >= 0.6 is 11.6 Å². The van der Waals surface area contributed by atoms with Crippen LogP contribution < -0.4 is 10.4 Å². The van der Waals surface area contributed by atoms with E-state index in [0.29, 0.717) is 16.4 Å². The van der Waals surface area contributed by atoms with Gasteiger partial charge < -0.3 is 9.15 Å². The first-order valence-electron chi connectivity index (χ1n) is 6.95. The summed E-state index contributed by atoms with van der Waals surface area (Å²) in [7, 11) is 0. The third kappa shape index (κ3) is 3.00. The molecule has 0 amide bonds. The summed E-state index contributed by atoms with van der Waals surface area (Å²) in [5.41, 5.74) is 3.07. The Labute approximate surface area is 133 Å². The molecule has 4 heteroatoms. The van der Waals surface area contributed by atoms with Crippen LogP contribution in [0.15, 0.2) is 51.7 Å². The Hall–Kier alpha value is -2.26. The summed E-state index contributed by atoms with van der Waals surface area (Å²) in [5, 5.41) is 1.42. The van der Waals surface area contributed by atoms with Gasteiger partial charge in [0.1, 0.15) is 17.9 Å². The first-order chi connectivity index (χ1) is 10.5. The minimum Gasteiger partial charge on any atom is -0.487 e. The number of aryl methyl sites for hydroxylation is 2. The number of halogens is 1. The maximum Gasteiger partial charge on any atom is 0.336 e. The van der Waals surface area contributed by atoms with Gasteiger partial charge in [0, 0.05) is 17.0 Å². The van der Waals surface area contributed by atoms with E-state index in [2.05, 4.69) is 0 Å². The van der Waals surface area contributed by atoms with Gasteiger partial charge in [-0.05, 0) is 43.2 Å². The van der Waals surface area contributed by atoms with Gasteiger partial charge >= 0.3 is 5.63 Å². The lowest BCUT2D eigenvalue weighted by Gasteiger charge is -2.10. The Morgan fingerprint density at radius 1 is 1.05 bits per heavy atom. The highest BCUT2D eigenvalue weighted by molar-refractivity contribution is 6.32. The first kappa shape index (κ1) is 14.7. The van der Waals surface area contributed by atoms with Crippen LogP contribution in [-0.4, -0.2) is 0 Å². The van der Waals surface area contributed by atoms with Crippen LogP contribution in [0.3, 0.4) is 0 Å². The molecule has 3 rings (SSSR count). The maximum atomic E-state index is 11.7. The third-order valence-corrected chi connectivity index (χ3v) is 3.77. The van der Waals surface area contributed by atoms with Crippen LogP contribution in [-0.2, 0) is 6.61 Å². The molecule has 0 saturated carbocycles. The molecular formula is C18H15ClO3. The minimum absolute atomic E-state index is 0.258. The molecule has 2 aromatic carbocycles. The summed E-state index contributed by atoms with van der Waals surface area (Å²) < 4.78 is 11.0. The van der Waals surface area contributed by atoms with Crippen molar-refractivity contribution in [1.82, 2.24) is 0 Å². The van der Waals surface area contributed by atoms with Crippen molar-refractivity contribution in [2.45, 2.75) is 20.5 Å². The van der Waals surface area contributed by atoms with Crippen molar-refractivity contribution in [3.8, 4) is 5.75 Å². The molecule has 0 spiro atoms. The van der Waals surface area contributed by atoms with Crippen LogP contribution in [0.25, 0.3) is 11.0 Å². The van der Waals surface area contributed by atoms with Gasteiger partial charge in [0.25, 0.3) is 0 Å². The number of benzene rings is 2. The normalized spacial score (nSPS) is 10.9. The number of rotatable bonds is 3. The molecule has 1 heterocycles. The van der Waals surface area contributed by atoms with E-state index in [4.69, 9.17) is 20.8 Å². The maximum absolute atomic E-state index is 11.7. The molecular weight excluding hydrogens is 300 g/mol. The molecule has 3 aromatic rings. The van der Waals surface area contributed by atoms with Crippen molar-refractivity contribution < 1.29 is 9.15 Å². The molecule has 0 aliphatic heterocycles. The van der Waals surface area contributed by atoms with Gasteiger partial charge in [-0.3, -0.25) is 0 Å². The minimum atomic E-state index is -0.382. The second-order valence-electron chi connectivity index (χ2n) is 5.31. The molecule has 0 bridgehead atoms. The predicted octanol–water partition coefficient (Wildman–Crippen LogP) is 4.64. The second-order valence-corrected chi connectivity index (χ2v) is 5.72. The van der Waals surface area contributed by atoms with Crippen molar-refractivity contribution in [2.75, 3.05) is 0 Å². The lowest BCUT2D eigenvalue weighted by molar-refractivity contribution is 0.306. The standard InChI is InChI=1S/C18H15ClO3/c1-11-3-5-14-13(9-18(20)22-16(14)7-11)10-21-17-8-12(2)4-6-15(17)19/h3-9H,10H2,1-2H3. The zero-order valence-corrected chi connectivity index (χ0v) is 13.1. The molecule has 0 atom stereocenters. The van der Waals surface area contributed by atoms with E-state index in [1.54, 1.807) is 6.07 Å². The molecule has 112 valence electrons. The van der Waals surface area contributed by atoms with Gasteiger partial charge in [-0.15, -0.1) is 0 Å². The smallest absolute Gasteiger partial charge is 0.336 e. The van der Waals surface area contributed by atoms with Gasteiger partial charge in [-0.2, -0.15) is 0 Å². The van der Waals surface area contributed by atoms with Gasteiger partial charge in [-0.1, -0.05) is 29.8 Å². The SMILES string of the molecule is Cc1ccc(Cl)c(OCc2cc(=O)oc3cc(C)ccc23)c1. The molecule has 0 radical (unpaired) electrons. The number of ether oxygens (including phenoxy) is 1. The predicted molar refractivity (Wildman–Crippen MR) is 87.7 cm³/mol. The quantitative estimate of drug-likeness (QED) is 0.661. The van der Waals surface area contributed by atoms with E-state index in [-0.39, 0.29) is 12.2 Å². The van der Waals surface area contributed by atoms with Crippen molar-refractivity contribution >= 4 is 22.6 Å².